The second kappa shape index (κ2) is 12.4. The lowest BCUT2D eigenvalue weighted by Crippen LogP contribution is -2.49. The largest absolute Gasteiger partial charge is 0.497 e. The van der Waals surface area contributed by atoms with E-state index in [-0.39, 0.29) is 23.8 Å². The molecule has 0 aliphatic rings. The van der Waals surface area contributed by atoms with Gasteiger partial charge < -0.3 is 9.47 Å². The third-order valence-electron chi connectivity index (χ3n) is 4.97. The Labute approximate surface area is 195 Å². The van der Waals surface area contributed by atoms with E-state index in [1.54, 1.807) is 55.1 Å². The zero-order valence-corrected chi connectivity index (χ0v) is 20.0. The van der Waals surface area contributed by atoms with Gasteiger partial charge in [-0.3, -0.25) is 10.0 Å². The first-order chi connectivity index (χ1) is 15.7. The van der Waals surface area contributed by atoms with E-state index in [0.29, 0.717) is 30.1 Å². The van der Waals surface area contributed by atoms with Crippen molar-refractivity contribution in [3.8, 4) is 11.5 Å². The molecule has 0 spiro atoms. The number of rotatable bonds is 13. The first-order valence-corrected chi connectivity index (χ1v) is 12.1. The average Bonchev–Trinajstić information content (AvgIpc) is 2.81. The SMILES string of the molecule is C=CCCOc1ccc(S(=O)(=O)N(Cc2ccc(OC)cc2)C(CC(C)C)C(=O)NO)cc1. The Balaban J connectivity index is 2.44. The quantitative estimate of drug-likeness (QED) is 0.197. The molecule has 2 aromatic carbocycles. The van der Waals surface area contributed by atoms with Crippen molar-refractivity contribution in [3.05, 3.63) is 66.7 Å². The summed E-state index contributed by atoms with van der Waals surface area (Å²) < 4.78 is 39.2. The number of nitrogens with one attached hydrogen (secondary N) is 1. The number of hydroxylamine groups is 1. The maximum Gasteiger partial charge on any atom is 0.261 e. The van der Waals surface area contributed by atoms with Crippen LogP contribution < -0.4 is 15.0 Å². The van der Waals surface area contributed by atoms with E-state index >= 15 is 0 Å². The number of methoxy groups -OCH3 is 1. The van der Waals surface area contributed by atoms with Gasteiger partial charge in [-0.1, -0.05) is 32.1 Å². The zero-order chi connectivity index (χ0) is 24.4. The summed E-state index contributed by atoms with van der Waals surface area (Å²) in [4.78, 5) is 12.6. The Morgan fingerprint density at radius 2 is 1.73 bits per heavy atom. The van der Waals surface area contributed by atoms with Crippen molar-refractivity contribution >= 4 is 15.9 Å². The van der Waals surface area contributed by atoms with Crippen LogP contribution in [-0.2, 0) is 21.4 Å². The Kier molecular flexibility index (Phi) is 9.90. The number of carbonyl (C=O) groups excluding carboxylic acids is 1. The first-order valence-electron chi connectivity index (χ1n) is 10.7. The fourth-order valence-corrected chi connectivity index (χ4v) is 4.84. The average molecular weight is 477 g/mol. The topological polar surface area (TPSA) is 105 Å². The summed E-state index contributed by atoms with van der Waals surface area (Å²) >= 11 is 0. The Hall–Kier alpha value is -2.88. The van der Waals surface area contributed by atoms with Crippen molar-refractivity contribution in [3.63, 3.8) is 0 Å². The number of carbonyl (C=O) groups is 1. The highest BCUT2D eigenvalue weighted by Gasteiger charge is 2.36. The van der Waals surface area contributed by atoms with Crippen molar-refractivity contribution in [2.45, 2.75) is 44.2 Å². The first kappa shape index (κ1) is 26.4. The minimum Gasteiger partial charge on any atom is -0.497 e. The lowest BCUT2D eigenvalue weighted by atomic mass is 10.0. The second-order valence-corrected chi connectivity index (χ2v) is 9.81. The van der Waals surface area contributed by atoms with Crippen LogP contribution in [-0.4, -0.2) is 43.6 Å². The molecule has 2 aromatic rings. The van der Waals surface area contributed by atoms with Gasteiger partial charge in [0.1, 0.15) is 17.5 Å². The lowest BCUT2D eigenvalue weighted by molar-refractivity contribution is -0.133. The molecule has 2 rings (SSSR count). The van der Waals surface area contributed by atoms with Gasteiger partial charge in [-0.25, -0.2) is 13.9 Å². The minimum absolute atomic E-state index is 0.00139. The van der Waals surface area contributed by atoms with E-state index in [4.69, 9.17) is 9.47 Å². The maximum absolute atomic E-state index is 13.7. The summed E-state index contributed by atoms with van der Waals surface area (Å²) in [6.45, 7) is 7.77. The number of hydrogen-bond donors (Lipinski definition) is 2. The summed E-state index contributed by atoms with van der Waals surface area (Å²) in [5.74, 6) is 0.378. The Bertz CT molecular complexity index is 1000. The monoisotopic (exact) mass is 476 g/mol. The molecule has 8 nitrogen and oxygen atoms in total. The van der Waals surface area contributed by atoms with E-state index in [1.165, 1.54) is 12.1 Å². The van der Waals surface area contributed by atoms with Gasteiger partial charge in [-0.2, -0.15) is 4.31 Å². The maximum atomic E-state index is 13.7. The van der Waals surface area contributed by atoms with Crippen LogP contribution in [0.15, 0.2) is 66.1 Å². The van der Waals surface area contributed by atoms with Crippen LogP contribution in [0.4, 0.5) is 0 Å². The van der Waals surface area contributed by atoms with Crippen LogP contribution in [0.5, 0.6) is 11.5 Å². The second-order valence-electron chi connectivity index (χ2n) is 7.92. The Morgan fingerprint density at radius 1 is 1.12 bits per heavy atom. The number of ether oxygens (including phenoxy) is 2. The van der Waals surface area contributed by atoms with E-state index in [9.17, 15) is 18.4 Å². The van der Waals surface area contributed by atoms with Crippen molar-refractivity contribution < 1.29 is 27.9 Å². The molecule has 0 aliphatic heterocycles. The number of amides is 1. The van der Waals surface area contributed by atoms with Crippen LogP contribution in [0.1, 0.15) is 32.3 Å². The number of hydrogen-bond acceptors (Lipinski definition) is 6. The van der Waals surface area contributed by atoms with Gasteiger partial charge in [-0.05, 0) is 60.7 Å². The summed E-state index contributed by atoms with van der Waals surface area (Å²) in [5.41, 5.74) is 2.29. The third kappa shape index (κ3) is 7.31. The predicted molar refractivity (Wildman–Crippen MR) is 126 cm³/mol. The van der Waals surface area contributed by atoms with E-state index < -0.39 is 22.0 Å². The molecular weight excluding hydrogens is 444 g/mol. The van der Waals surface area contributed by atoms with Gasteiger partial charge in [0.25, 0.3) is 5.91 Å². The molecule has 0 heterocycles. The molecule has 2 N–H and O–H groups in total. The molecule has 0 aliphatic carbocycles. The molecule has 0 radical (unpaired) electrons. The van der Waals surface area contributed by atoms with Gasteiger partial charge in [0, 0.05) is 6.54 Å². The van der Waals surface area contributed by atoms with Gasteiger partial charge in [-0.15, -0.1) is 6.58 Å². The van der Waals surface area contributed by atoms with Crippen LogP contribution in [0.3, 0.4) is 0 Å². The molecule has 180 valence electrons. The van der Waals surface area contributed by atoms with E-state index in [1.807, 2.05) is 13.8 Å². The van der Waals surface area contributed by atoms with E-state index in [2.05, 4.69) is 6.58 Å². The predicted octanol–water partition coefficient (Wildman–Crippen LogP) is 3.76. The molecule has 1 atom stereocenters. The highest BCUT2D eigenvalue weighted by molar-refractivity contribution is 7.89. The van der Waals surface area contributed by atoms with Crippen molar-refractivity contribution in [2.75, 3.05) is 13.7 Å². The molecule has 0 saturated carbocycles. The van der Waals surface area contributed by atoms with Crippen molar-refractivity contribution in [1.82, 2.24) is 9.79 Å². The fourth-order valence-electron chi connectivity index (χ4n) is 3.25. The van der Waals surface area contributed by atoms with Crippen LogP contribution in [0.2, 0.25) is 0 Å². The van der Waals surface area contributed by atoms with Crippen LogP contribution in [0, 0.1) is 5.92 Å². The number of benzene rings is 2. The molecule has 0 saturated heterocycles. The molecule has 33 heavy (non-hydrogen) atoms. The van der Waals surface area contributed by atoms with Gasteiger partial charge in [0.15, 0.2) is 0 Å². The van der Waals surface area contributed by atoms with Crippen LogP contribution >= 0.6 is 0 Å². The number of nitrogens with zero attached hydrogens (tertiary/aromatic N) is 1. The highest BCUT2D eigenvalue weighted by atomic mass is 32.2. The fraction of sp³-hybridized carbons (Fsp3) is 0.375. The lowest BCUT2D eigenvalue weighted by Gasteiger charge is -2.30. The van der Waals surface area contributed by atoms with Gasteiger partial charge in [0.2, 0.25) is 10.0 Å². The highest BCUT2D eigenvalue weighted by Crippen LogP contribution is 2.27. The van der Waals surface area contributed by atoms with Gasteiger partial charge in [0.05, 0.1) is 18.6 Å². The summed E-state index contributed by atoms with van der Waals surface area (Å²) in [7, 11) is -2.56. The number of sulfonamides is 1. The molecule has 1 unspecified atom stereocenters. The summed E-state index contributed by atoms with van der Waals surface area (Å²) in [6, 6.07) is 11.9. The van der Waals surface area contributed by atoms with Gasteiger partial charge >= 0.3 is 0 Å². The molecule has 0 aromatic heterocycles. The minimum atomic E-state index is -4.10. The molecule has 9 heteroatoms. The van der Waals surface area contributed by atoms with Crippen molar-refractivity contribution in [1.29, 1.82) is 0 Å². The normalized spacial score (nSPS) is 12.4. The zero-order valence-electron chi connectivity index (χ0n) is 19.2. The molecule has 0 bridgehead atoms. The third-order valence-corrected chi connectivity index (χ3v) is 6.84. The molecule has 0 fully saturated rings. The van der Waals surface area contributed by atoms with Crippen molar-refractivity contribution in [2.24, 2.45) is 5.92 Å². The Morgan fingerprint density at radius 3 is 2.24 bits per heavy atom. The summed E-state index contributed by atoms with van der Waals surface area (Å²) in [6.07, 6.45) is 2.63. The standard InChI is InChI=1S/C24H32N2O6S/c1-5-6-15-32-21-11-13-22(14-12-21)33(29,30)26(23(16-18(2)3)24(27)25-28)17-19-7-9-20(31-4)10-8-19/h5,7-14,18,23,28H,1,6,15-17H2,2-4H3,(H,25,27). The van der Waals surface area contributed by atoms with Crippen LogP contribution in [0.25, 0.3) is 0 Å². The van der Waals surface area contributed by atoms with E-state index in [0.717, 1.165) is 4.31 Å². The smallest absolute Gasteiger partial charge is 0.261 e. The molecular formula is C24H32N2O6S. The molecule has 1 amide bonds. The summed E-state index contributed by atoms with van der Waals surface area (Å²) in [5, 5.41) is 9.32.